The smallest absolute Gasteiger partial charge is 0.137 e. The first-order valence-corrected chi connectivity index (χ1v) is 8.62. The number of hydrogen-bond acceptors (Lipinski definition) is 2. The van der Waals surface area contributed by atoms with Crippen molar-refractivity contribution in [1.29, 1.82) is 0 Å². The summed E-state index contributed by atoms with van der Waals surface area (Å²) in [6.07, 6.45) is 6.39. The highest BCUT2D eigenvalue weighted by molar-refractivity contribution is 9.10. The molecule has 0 amide bonds. The largest absolute Gasteiger partial charge is 0.390 e. The maximum atomic E-state index is 13.3. The van der Waals surface area contributed by atoms with Crippen LogP contribution in [-0.2, 0) is 11.2 Å². The summed E-state index contributed by atoms with van der Waals surface area (Å²) in [5.74, 6) is -0.276. The number of aliphatic hydroxyl groups is 1. The maximum Gasteiger partial charge on any atom is 0.137 e. The zero-order valence-corrected chi connectivity index (χ0v) is 14.2. The van der Waals surface area contributed by atoms with E-state index in [1.807, 2.05) is 6.92 Å². The molecule has 1 saturated carbocycles. The van der Waals surface area contributed by atoms with Gasteiger partial charge in [0.2, 0.25) is 0 Å². The van der Waals surface area contributed by atoms with Crippen LogP contribution in [0.1, 0.15) is 51.0 Å². The maximum absolute atomic E-state index is 13.3. The minimum atomic E-state index is -0.548. The van der Waals surface area contributed by atoms with Gasteiger partial charge in [-0.05, 0) is 53.4 Å². The first-order valence-electron chi connectivity index (χ1n) is 7.83. The van der Waals surface area contributed by atoms with Gasteiger partial charge in [-0.15, -0.1) is 0 Å². The highest BCUT2D eigenvalue weighted by Crippen LogP contribution is 2.35. The predicted octanol–water partition coefficient (Wildman–Crippen LogP) is 4.62. The summed E-state index contributed by atoms with van der Waals surface area (Å²) < 4.78 is 19.8. The van der Waals surface area contributed by atoms with Gasteiger partial charge in [0.05, 0.1) is 16.2 Å². The van der Waals surface area contributed by atoms with Gasteiger partial charge < -0.3 is 9.84 Å². The Kier molecular flexibility index (Phi) is 6.20. The summed E-state index contributed by atoms with van der Waals surface area (Å²) >= 11 is 3.20. The quantitative estimate of drug-likeness (QED) is 0.778. The van der Waals surface area contributed by atoms with Crippen LogP contribution in [0.3, 0.4) is 0 Å². The standard InChI is InChI=1S/C17H24BrFO2/c1-2-21-17(9-5-3-4-6-10-17)16(20)12-13-7-8-15(19)14(18)11-13/h7-8,11,16,20H,2-6,9-10,12H2,1H3. The van der Waals surface area contributed by atoms with Gasteiger partial charge in [-0.3, -0.25) is 0 Å². The molecule has 2 nitrogen and oxygen atoms in total. The molecule has 0 heterocycles. The van der Waals surface area contributed by atoms with Gasteiger partial charge in [0.1, 0.15) is 5.82 Å². The van der Waals surface area contributed by atoms with Crippen molar-refractivity contribution in [2.45, 2.75) is 63.6 Å². The first kappa shape index (κ1) is 16.9. The molecule has 0 saturated heterocycles. The third-order valence-electron chi connectivity index (χ3n) is 4.40. The molecule has 0 aromatic heterocycles. The summed E-state index contributed by atoms with van der Waals surface area (Å²) in [6, 6.07) is 4.92. The van der Waals surface area contributed by atoms with E-state index < -0.39 is 11.7 Å². The van der Waals surface area contributed by atoms with E-state index in [9.17, 15) is 9.50 Å². The number of ether oxygens (including phenoxy) is 1. The molecule has 1 fully saturated rings. The Hall–Kier alpha value is -0.450. The third-order valence-corrected chi connectivity index (χ3v) is 5.01. The molecule has 1 aromatic rings. The van der Waals surface area contributed by atoms with E-state index in [4.69, 9.17) is 4.74 Å². The van der Waals surface area contributed by atoms with Crippen molar-refractivity contribution in [3.05, 3.63) is 34.1 Å². The predicted molar refractivity (Wildman–Crippen MR) is 85.9 cm³/mol. The Morgan fingerprint density at radius 2 is 1.95 bits per heavy atom. The lowest BCUT2D eigenvalue weighted by molar-refractivity contribution is -0.128. The molecule has 21 heavy (non-hydrogen) atoms. The van der Waals surface area contributed by atoms with Gasteiger partial charge in [-0.2, -0.15) is 0 Å². The van der Waals surface area contributed by atoms with Crippen molar-refractivity contribution in [1.82, 2.24) is 0 Å². The molecular weight excluding hydrogens is 335 g/mol. The number of benzene rings is 1. The highest BCUT2D eigenvalue weighted by atomic mass is 79.9. The monoisotopic (exact) mass is 358 g/mol. The van der Waals surface area contributed by atoms with E-state index in [0.717, 1.165) is 31.2 Å². The number of aliphatic hydroxyl groups excluding tert-OH is 1. The average Bonchev–Trinajstić information content (AvgIpc) is 2.70. The number of rotatable bonds is 5. The van der Waals surface area contributed by atoms with E-state index in [0.29, 0.717) is 17.5 Å². The van der Waals surface area contributed by atoms with E-state index in [2.05, 4.69) is 15.9 Å². The number of hydrogen-bond donors (Lipinski definition) is 1. The van der Waals surface area contributed by atoms with E-state index in [-0.39, 0.29) is 5.82 Å². The molecule has 2 rings (SSSR count). The highest BCUT2D eigenvalue weighted by Gasteiger charge is 2.38. The molecule has 1 aromatic carbocycles. The van der Waals surface area contributed by atoms with E-state index >= 15 is 0 Å². The second kappa shape index (κ2) is 7.70. The van der Waals surface area contributed by atoms with Crippen molar-refractivity contribution in [2.24, 2.45) is 0 Å². The Balaban J connectivity index is 2.13. The molecule has 0 aliphatic heterocycles. The second-order valence-corrected chi connectivity index (χ2v) is 6.73. The molecule has 1 aliphatic rings. The van der Waals surface area contributed by atoms with Crippen LogP contribution in [0.15, 0.2) is 22.7 Å². The first-order chi connectivity index (χ1) is 10.1. The van der Waals surface area contributed by atoms with Crippen LogP contribution >= 0.6 is 15.9 Å². The third kappa shape index (κ3) is 4.27. The fraction of sp³-hybridized carbons (Fsp3) is 0.647. The normalized spacial score (nSPS) is 20.0. The van der Waals surface area contributed by atoms with Crippen molar-refractivity contribution in [2.75, 3.05) is 6.61 Å². The summed E-state index contributed by atoms with van der Waals surface area (Å²) in [4.78, 5) is 0. The fourth-order valence-corrected chi connectivity index (χ4v) is 3.69. The van der Waals surface area contributed by atoms with Gasteiger partial charge in [0.25, 0.3) is 0 Å². The molecule has 1 atom stereocenters. The summed E-state index contributed by atoms with van der Waals surface area (Å²) in [5, 5.41) is 10.8. The van der Waals surface area contributed by atoms with Crippen molar-refractivity contribution < 1.29 is 14.2 Å². The van der Waals surface area contributed by atoms with Gasteiger partial charge in [0.15, 0.2) is 0 Å². The lowest BCUT2D eigenvalue weighted by atomic mass is 9.84. The van der Waals surface area contributed by atoms with Gasteiger partial charge in [-0.1, -0.05) is 31.7 Å². The van der Waals surface area contributed by atoms with Gasteiger partial charge in [-0.25, -0.2) is 4.39 Å². The van der Waals surface area contributed by atoms with Gasteiger partial charge in [0, 0.05) is 13.0 Å². The van der Waals surface area contributed by atoms with Crippen LogP contribution in [0.2, 0.25) is 0 Å². The fourth-order valence-electron chi connectivity index (χ4n) is 3.26. The van der Waals surface area contributed by atoms with E-state index in [1.54, 1.807) is 12.1 Å². The van der Waals surface area contributed by atoms with Crippen LogP contribution in [0.4, 0.5) is 4.39 Å². The van der Waals surface area contributed by atoms with Crippen LogP contribution < -0.4 is 0 Å². The lowest BCUT2D eigenvalue weighted by Gasteiger charge is -2.37. The van der Waals surface area contributed by atoms with Crippen LogP contribution in [-0.4, -0.2) is 23.4 Å². The molecule has 118 valence electrons. The summed E-state index contributed by atoms with van der Waals surface area (Å²) in [7, 11) is 0. The van der Waals surface area contributed by atoms with Crippen LogP contribution in [0, 0.1) is 5.82 Å². The SMILES string of the molecule is CCOC1(C(O)Cc2ccc(F)c(Br)c2)CCCCCC1. The minimum absolute atomic E-state index is 0.276. The van der Waals surface area contributed by atoms with Crippen molar-refractivity contribution in [3.63, 3.8) is 0 Å². The Labute approximate surface area is 134 Å². The molecule has 0 radical (unpaired) electrons. The topological polar surface area (TPSA) is 29.5 Å². The van der Waals surface area contributed by atoms with Crippen molar-refractivity contribution >= 4 is 15.9 Å². The van der Waals surface area contributed by atoms with Crippen LogP contribution in [0.5, 0.6) is 0 Å². The molecule has 4 heteroatoms. The van der Waals surface area contributed by atoms with Crippen molar-refractivity contribution in [3.8, 4) is 0 Å². The lowest BCUT2D eigenvalue weighted by Crippen LogP contribution is -2.46. The molecule has 1 N–H and O–H groups in total. The zero-order valence-electron chi connectivity index (χ0n) is 12.6. The zero-order chi connectivity index (χ0) is 15.3. The Bertz CT molecular complexity index is 456. The van der Waals surface area contributed by atoms with Gasteiger partial charge >= 0.3 is 0 Å². The summed E-state index contributed by atoms with van der Waals surface area (Å²) in [6.45, 7) is 2.60. The van der Waals surface area contributed by atoms with E-state index in [1.165, 1.54) is 18.9 Å². The molecule has 1 aliphatic carbocycles. The molecular formula is C17H24BrFO2. The number of halogens is 2. The Morgan fingerprint density at radius 3 is 2.52 bits per heavy atom. The second-order valence-electron chi connectivity index (χ2n) is 5.88. The molecule has 0 bridgehead atoms. The average molecular weight is 359 g/mol. The summed E-state index contributed by atoms with van der Waals surface area (Å²) in [5.41, 5.74) is 0.491. The minimum Gasteiger partial charge on any atom is -0.390 e. The Morgan fingerprint density at radius 1 is 1.29 bits per heavy atom. The molecule has 1 unspecified atom stereocenters. The molecule has 0 spiro atoms. The van der Waals surface area contributed by atoms with Crippen LogP contribution in [0.25, 0.3) is 0 Å².